The molecule has 2 rings (SSSR count). The van der Waals surface area contributed by atoms with Gasteiger partial charge in [0.25, 0.3) is 0 Å². The largest absolute Gasteiger partial charge is 0.480 e. The molecule has 1 aliphatic rings. The van der Waals surface area contributed by atoms with Gasteiger partial charge in [-0.1, -0.05) is 30.3 Å². The molecule has 2 unspecified atom stereocenters. The van der Waals surface area contributed by atoms with E-state index in [0.717, 1.165) is 19.5 Å². The second-order valence-corrected chi connectivity index (χ2v) is 4.83. The monoisotopic (exact) mass is 248 g/mol. The van der Waals surface area contributed by atoms with Gasteiger partial charge in [0.05, 0.1) is 0 Å². The number of carboxylic acids is 1. The lowest BCUT2D eigenvalue weighted by Crippen LogP contribution is -2.58. The van der Waals surface area contributed by atoms with Gasteiger partial charge in [0, 0.05) is 25.7 Å². The van der Waals surface area contributed by atoms with E-state index in [1.807, 2.05) is 18.2 Å². The van der Waals surface area contributed by atoms with Gasteiger partial charge < -0.3 is 10.4 Å². The number of nitrogens with one attached hydrogen (secondary N) is 1. The lowest BCUT2D eigenvalue weighted by molar-refractivity contribution is -0.144. The number of aliphatic carboxylic acids is 1. The molecule has 2 atom stereocenters. The van der Waals surface area contributed by atoms with Crippen LogP contribution < -0.4 is 5.32 Å². The summed E-state index contributed by atoms with van der Waals surface area (Å²) in [4.78, 5) is 13.3. The molecular weight excluding hydrogens is 228 g/mol. The number of rotatable bonds is 4. The Hall–Kier alpha value is -1.39. The highest BCUT2D eigenvalue weighted by atomic mass is 16.4. The summed E-state index contributed by atoms with van der Waals surface area (Å²) in [6.45, 7) is 4.30. The fourth-order valence-electron chi connectivity index (χ4n) is 2.55. The zero-order chi connectivity index (χ0) is 13.0. The Morgan fingerprint density at radius 3 is 2.89 bits per heavy atom. The van der Waals surface area contributed by atoms with Crippen LogP contribution in [0, 0.1) is 0 Å². The van der Waals surface area contributed by atoms with E-state index in [1.54, 1.807) is 0 Å². The van der Waals surface area contributed by atoms with E-state index in [9.17, 15) is 9.90 Å². The molecule has 1 saturated heterocycles. The molecule has 4 heteroatoms. The maximum Gasteiger partial charge on any atom is 0.322 e. The molecule has 1 aliphatic heterocycles. The van der Waals surface area contributed by atoms with Gasteiger partial charge in [-0.05, 0) is 18.9 Å². The Morgan fingerprint density at radius 2 is 2.22 bits per heavy atom. The number of nitrogens with zero attached hydrogens (tertiary/aromatic N) is 1. The zero-order valence-corrected chi connectivity index (χ0v) is 10.7. The van der Waals surface area contributed by atoms with E-state index in [2.05, 4.69) is 29.3 Å². The molecule has 0 radical (unpaired) electrons. The molecule has 18 heavy (non-hydrogen) atoms. The van der Waals surface area contributed by atoms with Crippen molar-refractivity contribution in [2.75, 3.05) is 19.6 Å². The summed E-state index contributed by atoms with van der Waals surface area (Å²) >= 11 is 0. The predicted molar refractivity (Wildman–Crippen MR) is 70.6 cm³/mol. The third kappa shape index (κ3) is 3.09. The predicted octanol–water partition coefficient (Wildman–Crippen LogP) is 0.976. The van der Waals surface area contributed by atoms with Crippen molar-refractivity contribution in [2.24, 2.45) is 0 Å². The van der Waals surface area contributed by atoms with Crippen LogP contribution in [0.3, 0.4) is 0 Å². The van der Waals surface area contributed by atoms with Crippen LogP contribution in [-0.2, 0) is 11.2 Å². The minimum atomic E-state index is -0.734. The molecule has 1 heterocycles. The fourth-order valence-corrected chi connectivity index (χ4v) is 2.55. The van der Waals surface area contributed by atoms with Gasteiger partial charge in [0.2, 0.25) is 0 Å². The third-order valence-corrected chi connectivity index (χ3v) is 3.51. The van der Waals surface area contributed by atoms with Crippen LogP contribution in [-0.4, -0.2) is 47.7 Å². The second kappa shape index (κ2) is 5.98. The summed E-state index contributed by atoms with van der Waals surface area (Å²) in [6, 6.07) is 10.1. The summed E-state index contributed by atoms with van der Waals surface area (Å²) in [6.07, 6.45) is 0.893. The number of piperazine rings is 1. The normalized spacial score (nSPS) is 22.6. The first-order valence-electron chi connectivity index (χ1n) is 6.41. The third-order valence-electron chi connectivity index (χ3n) is 3.51. The topological polar surface area (TPSA) is 52.6 Å². The molecule has 0 aliphatic carbocycles. The van der Waals surface area contributed by atoms with E-state index in [1.165, 1.54) is 5.56 Å². The van der Waals surface area contributed by atoms with Crippen molar-refractivity contribution in [3.63, 3.8) is 0 Å². The highest BCUT2D eigenvalue weighted by molar-refractivity contribution is 5.74. The van der Waals surface area contributed by atoms with E-state index in [0.29, 0.717) is 6.54 Å². The summed E-state index contributed by atoms with van der Waals surface area (Å²) < 4.78 is 0. The standard InChI is InChI=1S/C14H20N2O2/c1-11(9-12-5-3-2-4-6-12)16-8-7-15-10-13(16)14(17)18/h2-6,11,13,15H,7-10H2,1H3,(H,17,18). The first-order valence-corrected chi connectivity index (χ1v) is 6.41. The van der Waals surface area contributed by atoms with Crippen LogP contribution in [0.2, 0.25) is 0 Å². The minimum Gasteiger partial charge on any atom is -0.480 e. The van der Waals surface area contributed by atoms with Gasteiger partial charge >= 0.3 is 5.97 Å². The molecule has 1 aromatic carbocycles. The zero-order valence-electron chi connectivity index (χ0n) is 10.7. The van der Waals surface area contributed by atoms with Crippen LogP contribution in [0.5, 0.6) is 0 Å². The lowest BCUT2D eigenvalue weighted by atomic mass is 10.0. The number of carbonyl (C=O) groups is 1. The molecule has 0 saturated carbocycles. The van der Waals surface area contributed by atoms with Crippen LogP contribution in [0.4, 0.5) is 0 Å². The van der Waals surface area contributed by atoms with Crippen molar-refractivity contribution in [3.05, 3.63) is 35.9 Å². The van der Waals surface area contributed by atoms with Crippen LogP contribution in [0.25, 0.3) is 0 Å². The van der Waals surface area contributed by atoms with Gasteiger partial charge in [0.1, 0.15) is 6.04 Å². The second-order valence-electron chi connectivity index (χ2n) is 4.83. The average Bonchev–Trinajstić information content (AvgIpc) is 2.40. The molecular formula is C14H20N2O2. The van der Waals surface area contributed by atoms with Gasteiger partial charge in [-0.2, -0.15) is 0 Å². The molecule has 2 N–H and O–H groups in total. The highest BCUT2D eigenvalue weighted by Gasteiger charge is 2.31. The van der Waals surface area contributed by atoms with E-state index >= 15 is 0 Å². The molecule has 4 nitrogen and oxygen atoms in total. The minimum absolute atomic E-state index is 0.246. The number of hydrogen-bond donors (Lipinski definition) is 2. The molecule has 1 aromatic rings. The van der Waals surface area contributed by atoms with Gasteiger partial charge in [0.15, 0.2) is 0 Å². The summed E-state index contributed by atoms with van der Waals surface area (Å²) in [7, 11) is 0. The number of benzene rings is 1. The van der Waals surface area contributed by atoms with Crippen molar-refractivity contribution < 1.29 is 9.90 Å². The van der Waals surface area contributed by atoms with E-state index in [-0.39, 0.29) is 6.04 Å². The Balaban J connectivity index is 2.02. The van der Waals surface area contributed by atoms with Crippen LogP contribution in [0.15, 0.2) is 30.3 Å². The van der Waals surface area contributed by atoms with Gasteiger partial charge in [-0.25, -0.2) is 0 Å². The number of carboxylic acid groups (broad SMARTS) is 1. The quantitative estimate of drug-likeness (QED) is 0.834. The van der Waals surface area contributed by atoms with E-state index in [4.69, 9.17) is 0 Å². The average molecular weight is 248 g/mol. The molecule has 1 fully saturated rings. The van der Waals surface area contributed by atoms with Crippen molar-refractivity contribution in [1.82, 2.24) is 10.2 Å². The SMILES string of the molecule is CC(Cc1ccccc1)N1CCNCC1C(=O)O. The maximum absolute atomic E-state index is 11.2. The Bertz CT molecular complexity index is 394. The van der Waals surface area contributed by atoms with Crippen molar-refractivity contribution in [1.29, 1.82) is 0 Å². The Morgan fingerprint density at radius 1 is 1.50 bits per heavy atom. The lowest BCUT2D eigenvalue weighted by Gasteiger charge is -2.38. The summed E-state index contributed by atoms with van der Waals surface area (Å²) in [5, 5.41) is 12.4. The van der Waals surface area contributed by atoms with E-state index < -0.39 is 12.0 Å². The smallest absolute Gasteiger partial charge is 0.322 e. The van der Waals surface area contributed by atoms with Crippen molar-refractivity contribution >= 4 is 5.97 Å². The van der Waals surface area contributed by atoms with Crippen LogP contribution in [0.1, 0.15) is 12.5 Å². The molecule has 0 aromatic heterocycles. The van der Waals surface area contributed by atoms with Crippen molar-refractivity contribution in [2.45, 2.75) is 25.4 Å². The van der Waals surface area contributed by atoms with Crippen molar-refractivity contribution in [3.8, 4) is 0 Å². The summed E-state index contributed by atoms with van der Waals surface area (Å²) in [5.74, 6) is -0.734. The molecule has 98 valence electrons. The van der Waals surface area contributed by atoms with Gasteiger partial charge in [-0.3, -0.25) is 9.69 Å². The molecule has 0 bridgehead atoms. The summed E-state index contributed by atoms with van der Waals surface area (Å²) in [5.41, 5.74) is 1.26. The molecule has 0 spiro atoms. The molecule has 0 amide bonds. The first-order chi connectivity index (χ1) is 8.68. The van der Waals surface area contributed by atoms with Crippen LogP contribution >= 0.6 is 0 Å². The number of hydrogen-bond acceptors (Lipinski definition) is 3. The Kier molecular flexibility index (Phi) is 4.33. The first kappa shape index (κ1) is 13.1. The van der Waals surface area contributed by atoms with Gasteiger partial charge in [-0.15, -0.1) is 0 Å². The highest BCUT2D eigenvalue weighted by Crippen LogP contribution is 2.13. The Labute approximate surface area is 108 Å². The fraction of sp³-hybridized carbons (Fsp3) is 0.500. The maximum atomic E-state index is 11.2.